The predicted octanol–water partition coefficient (Wildman–Crippen LogP) is 1.31. The molecule has 1 fully saturated rings. The first-order chi connectivity index (χ1) is 5.79. The van der Waals surface area contributed by atoms with Gasteiger partial charge in [0, 0.05) is 5.54 Å². The summed E-state index contributed by atoms with van der Waals surface area (Å²) in [7, 11) is 1.40. The molecule has 3 heteroatoms. The van der Waals surface area contributed by atoms with Crippen LogP contribution in [0.1, 0.15) is 33.6 Å². The summed E-state index contributed by atoms with van der Waals surface area (Å²) in [5.74, 6) is 0.229. The fraction of sp³-hybridized carbons (Fsp3) is 0.900. The molecule has 1 saturated carbocycles. The number of hydrogen-bond donors (Lipinski definition) is 1. The van der Waals surface area contributed by atoms with Crippen LogP contribution in [0.4, 0.5) is 0 Å². The van der Waals surface area contributed by atoms with Crippen LogP contribution in [-0.2, 0) is 9.53 Å². The van der Waals surface area contributed by atoms with Gasteiger partial charge in [0.1, 0.15) is 0 Å². The van der Waals surface area contributed by atoms with Crippen LogP contribution < -0.4 is 5.73 Å². The zero-order valence-corrected chi connectivity index (χ0v) is 8.89. The maximum atomic E-state index is 11.1. The zero-order valence-electron chi connectivity index (χ0n) is 8.89. The summed E-state index contributed by atoms with van der Waals surface area (Å²) in [4.78, 5) is 11.1. The van der Waals surface area contributed by atoms with E-state index in [0.717, 1.165) is 6.42 Å². The summed E-state index contributed by atoms with van der Waals surface area (Å²) in [5.41, 5.74) is 5.97. The predicted molar refractivity (Wildman–Crippen MR) is 51.1 cm³/mol. The largest absolute Gasteiger partial charge is 0.469 e. The van der Waals surface area contributed by atoms with Crippen LogP contribution in [0.25, 0.3) is 0 Å². The maximum absolute atomic E-state index is 11.1. The Kier molecular flexibility index (Phi) is 2.41. The van der Waals surface area contributed by atoms with E-state index in [1.165, 1.54) is 7.11 Å². The van der Waals surface area contributed by atoms with E-state index in [0.29, 0.717) is 17.8 Å². The van der Waals surface area contributed by atoms with Crippen molar-refractivity contribution in [3.8, 4) is 0 Å². The number of ether oxygens (including phenoxy) is 1. The Hall–Kier alpha value is -0.570. The summed E-state index contributed by atoms with van der Waals surface area (Å²) in [6.45, 7) is 6.30. The minimum atomic E-state index is -0.406. The molecular formula is C10H19NO2. The highest BCUT2D eigenvalue weighted by molar-refractivity contribution is 5.70. The molecular weight excluding hydrogens is 166 g/mol. The lowest BCUT2D eigenvalue weighted by Gasteiger charge is -2.25. The molecule has 0 heterocycles. The van der Waals surface area contributed by atoms with Crippen molar-refractivity contribution in [2.75, 3.05) is 7.11 Å². The molecule has 0 spiro atoms. The first kappa shape index (κ1) is 10.5. The van der Waals surface area contributed by atoms with Gasteiger partial charge in [-0.3, -0.25) is 4.79 Å². The average Bonchev–Trinajstić information content (AvgIpc) is 2.60. The van der Waals surface area contributed by atoms with Crippen molar-refractivity contribution < 1.29 is 9.53 Å². The fourth-order valence-corrected chi connectivity index (χ4v) is 2.10. The van der Waals surface area contributed by atoms with Crippen molar-refractivity contribution in [3.05, 3.63) is 0 Å². The number of carbonyl (C=O) groups excluding carboxylic acids is 1. The van der Waals surface area contributed by atoms with Gasteiger partial charge in [-0.1, -0.05) is 13.8 Å². The normalized spacial score (nSPS) is 29.2. The van der Waals surface area contributed by atoms with Gasteiger partial charge in [-0.25, -0.2) is 0 Å². The van der Waals surface area contributed by atoms with Crippen LogP contribution in [0.15, 0.2) is 0 Å². The molecule has 0 radical (unpaired) electrons. The highest BCUT2D eigenvalue weighted by atomic mass is 16.5. The molecule has 1 rings (SSSR count). The van der Waals surface area contributed by atoms with E-state index in [-0.39, 0.29) is 5.97 Å². The van der Waals surface area contributed by atoms with Gasteiger partial charge in [0.2, 0.25) is 0 Å². The number of nitrogens with two attached hydrogens (primary N) is 1. The van der Waals surface area contributed by atoms with Crippen molar-refractivity contribution in [3.63, 3.8) is 0 Å². The van der Waals surface area contributed by atoms with E-state index >= 15 is 0 Å². The second-order valence-electron chi connectivity index (χ2n) is 5.00. The molecule has 0 aromatic heterocycles. The first-order valence-corrected chi connectivity index (χ1v) is 4.65. The molecule has 2 atom stereocenters. The molecule has 1 aliphatic rings. The minimum absolute atomic E-state index is 0.215. The molecule has 2 N–H and O–H groups in total. The van der Waals surface area contributed by atoms with Crippen LogP contribution >= 0.6 is 0 Å². The molecule has 2 unspecified atom stereocenters. The van der Waals surface area contributed by atoms with Crippen molar-refractivity contribution >= 4 is 5.97 Å². The summed E-state index contributed by atoms with van der Waals surface area (Å²) in [6.07, 6.45) is 1.43. The lowest BCUT2D eigenvalue weighted by atomic mass is 9.88. The molecule has 13 heavy (non-hydrogen) atoms. The van der Waals surface area contributed by atoms with Gasteiger partial charge in [0.15, 0.2) is 0 Å². The Morgan fingerprint density at radius 2 is 2.15 bits per heavy atom. The van der Waals surface area contributed by atoms with Gasteiger partial charge < -0.3 is 10.5 Å². The number of methoxy groups -OCH3 is 1. The van der Waals surface area contributed by atoms with Gasteiger partial charge in [-0.15, -0.1) is 0 Å². The van der Waals surface area contributed by atoms with Gasteiger partial charge in [0.05, 0.1) is 13.5 Å². The van der Waals surface area contributed by atoms with Gasteiger partial charge in [-0.05, 0) is 24.7 Å². The Morgan fingerprint density at radius 1 is 1.69 bits per heavy atom. The van der Waals surface area contributed by atoms with Crippen molar-refractivity contribution in [2.24, 2.45) is 17.1 Å². The van der Waals surface area contributed by atoms with Crippen molar-refractivity contribution in [1.82, 2.24) is 0 Å². The number of esters is 1. The molecule has 1 aliphatic carbocycles. The first-order valence-electron chi connectivity index (χ1n) is 4.65. The minimum Gasteiger partial charge on any atom is -0.469 e. The molecule has 0 bridgehead atoms. The van der Waals surface area contributed by atoms with Crippen LogP contribution in [-0.4, -0.2) is 18.6 Å². The number of hydrogen-bond acceptors (Lipinski definition) is 3. The third kappa shape index (κ3) is 2.21. The van der Waals surface area contributed by atoms with E-state index in [1.807, 2.05) is 6.92 Å². The SMILES string of the molecule is COC(=O)CC(C)(N)C1CC1(C)C. The van der Waals surface area contributed by atoms with E-state index in [1.54, 1.807) is 0 Å². The molecule has 0 aromatic carbocycles. The van der Waals surface area contributed by atoms with E-state index in [4.69, 9.17) is 5.73 Å². The summed E-state index contributed by atoms with van der Waals surface area (Å²) in [5, 5.41) is 0. The zero-order chi connectivity index (χ0) is 10.3. The molecule has 3 nitrogen and oxygen atoms in total. The van der Waals surface area contributed by atoms with Gasteiger partial charge >= 0.3 is 5.97 Å². The Balaban J connectivity index is 2.53. The Labute approximate surface area is 79.6 Å². The second kappa shape index (κ2) is 2.98. The number of carbonyl (C=O) groups is 1. The molecule has 0 aromatic rings. The lowest BCUT2D eigenvalue weighted by molar-refractivity contribution is -0.142. The number of rotatable bonds is 3. The highest BCUT2D eigenvalue weighted by Crippen LogP contribution is 2.57. The summed E-state index contributed by atoms with van der Waals surface area (Å²) in [6, 6.07) is 0. The van der Waals surface area contributed by atoms with Crippen molar-refractivity contribution in [1.29, 1.82) is 0 Å². The molecule has 0 aliphatic heterocycles. The third-order valence-corrected chi connectivity index (χ3v) is 3.06. The van der Waals surface area contributed by atoms with E-state index < -0.39 is 5.54 Å². The quantitative estimate of drug-likeness (QED) is 0.674. The lowest BCUT2D eigenvalue weighted by Crippen LogP contribution is -2.42. The standard InChI is InChI=1S/C10H19NO2/c1-9(2)5-7(9)10(3,11)6-8(12)13-4/h7H,5-6,11H2,1-4H3. The topological polar surface area (TPSA) is 52.3 Å². The second-order valence-corrected chi connectivity index (χ2v) is 5.00. The highest BCUT2D eigenvalue weighted by Gasteiger charge is 2.54. The molecule has 76 valence electrons. The van der Waals surface area contributed by atoms with E-state index in [2.05, 4.69) is 18.6 Å². The maximum Gasteiger partial charge on any atom is 0.307 e. The van der Waals surface area contributed by atoms with E-state index in [9.17, 15) is 4.79 Å². The van der Waals surface area contributed by atoms with Crippen LogP contribution in [0.3, 0.4) is 0 Å². The van der Waals surface area contributed by atoms with Crippen LogP contribution in [0.5, 0.6) is 0 Å². The average molecular weight is 185 g/mol. The van der Waals surface area contributed by atoms with Crippen LogP contribution in [0.2, 0.25) is 0 Å². The van der Waals surface area contributed by atoms with Gasteiger partial charge in [-0.2, -0.15) is 0 Å². The Bertz CT molecular complexity index is 221. The smallest absolute Gasteiger partial charge is 0.307 e. The fourth-order valence-electron chi connectivity index (χ4n) is 2.10. The summed E-state index contributed by atoms with van der Waals surface area (Å²) >= 11 is 0. The van der Waals surface area contributed by atoms with Crippen molar-refractivity contribution in [2.45, 2.75) is 39.2 Å². The monoisotopic (exact) mass is 185 g/mol. The third-order valence-electron chi connectivity index (χ3n) is 3.06. The summed E-state index contributed by atoms with van der Waals surface area (Å²) < 4.78 is 4.61. The molecule has 0 amide bonds. The molecule has 0 saturated heterocycles. The van der Waals surface area contributed by atoms with Gasteiger partial charge in [0.25, 0.3) is 0 Å². The Morgan fingerprint density at radius 3 is 2.46 bits per heavy atom. The van der Waals surface area contributed by atoms with Crippen LogP contribution in [0, 0.1) is 11.3 Å².